The molecule has 20 heavy (non-hydrogen) atoms. The van der Waals surface area contributed by atoms with Gasteiger partial charge in [-0.15, -0.1) is 0 Å². The summed E-state index contributed by atoms with van der Waals surface area (Å²) >= 11 is 0. The minimum absolute atomic E-state index is 0.0173. The van der Waals surface area contributed by atoms with Crippen LogP contribution in [0.4, 0.5) is 0 Å². The van der Waals surface area contributed by atoms with Crippen molar-refractivity contribution in [1.29, 1.82) is 5.26 Å². The van der Waals surface area contributed by atoms with E-state index in [1.807, 2.05) is 6.07 Å². The molecule has 0 aliphatic carbocycles. The number of rotatable bonds is 2. The first-order valence-electron chi connectivity index (χ1n) is 5.83. The number of hydrogen-bond donors (Lipinski definition) is 4. The third-order valence-electron chi connectivity index (χ3n) is 2.98. The van der Waals surface area contributed by atoms with Crippen molar-refractivity contribution < 1.29 is 25.2 Å². The van der Waals surface area contributed by atoms with E-state index in [1.165, 1.54) is 10.9 Å². The Kier molecular flexibility index (Phi) is 4.35. The van der Waals surface area contributed by atoms with Gasteiger partial charge in [-0.25, -0.2) is 4.98 Å². The zero-order valence-corrected chi connectivity index (χ0v) is 10.3. The minimum atomic E-state index is -1.29. The Morgan fingerprint density at radius 3 is 2.65 bits per heavy atom. The first-order valence-corrected chi connectivity index (χ1v) is 5.83. The fraction of sp³-hybridized carbons (Fsp3) is 0.500. The molecule has 1 aromatic rings. The largest absolute Gasteiger partial charge is 0.394 e. The van der Waals surface area contributed by atoms with E-state index in [-0.39, 0.29) is 11.4 Å². The molecule has 1 unspecified atom stereocenters. The molecule has 0 aromatic carbocycles. The Morgan fingerprint density at radius 2 is 2.10 bits per heavy atom. The molecule has 0 radical (unpaired) electrons. The Labute approximate surface area is 114 Å². The monoisotopic (exact) mass is 279 g/mol. The summed E-state index contributed by atoms with van der Waals surface area (Å²) in [6.07, 6.45) is -3.24. The molecule has 1 aromatic heterocycles. The molecule has 0 bridgehead atoms. The molecule has 0 saturated carbocycles. The average Bonchev–Trinajstić information content (AvgIpc) is 2.99. The van der Waals surface area contributed by atoms with Crippen LogP contribution in [0.5, 0.6) is 0 Å². The minimum Gasteiger partial charge on any atom is -0.394 e. The highest BCUT2D eigenvalue weighted by Gasteiger charge is 2.44. The number of nitriles is 1. The first kappa shape index (κ1) is 14.5. The molecule has 0 amide bonds. The normalized spacial score (nSPS) is 28.8. The van der Waals surface area contributed by atoms with Crippen LogP contribution in [-0.2, 0) is 4.74 Å². The molecule has 1 fully saturated rings. The summed E-state index contributed by atoms with van der Waals surface area (Å²) in [5, 5.41) is 46.3. The summed E-state index contributed by atoms with van der Waals surface area (Å²) in [5.74, 6) is 4.94. The van der Waals surface area contributed by atoms with Crippen LogP contribution < -0.4 is 0 Å². The molecule has 2 rings (SSSR count). The average molecular weight is 279 g/mol. The van der Waals surface area contributed by atoms with E-state index in [4.69, 9.17) is 20.2 Å². The lowest BCUT2D eigenvalue weighted by Gasteiger charge is -2.17. The number of aliphatic hydroxyl groups is 4. The lowest BCUT2D eigenvalue weighted by atomic mass is 10.1. The lowest BCUT2D eigenvalue weighted by molar-refractivity contribution is -0.0531. The highest BCUT2D eigenvalue weighted by Crippen LogP contribution is 2.30. The zero-order valence-electron chi connectivity index (χ0n) is 10.3. The predicted molar refractivity (Wildman–Crippen MR) is 63.9 cm³/mol. The molecule has 0 spiro atoms. The number of nitrogens with zero attached hydrogens (tertiary/aromatic N) is 3. The van der Waals surface area contributed by atoms with Crippen molar-refractivity contribution in [3.05, 3.63) is 17.7 Å². The maximum absolute atomic E-state index is 9.93. The highest BCUT2D eigenvalue weighted by molar-refractivity contribution is 5.40. The van der Waals surface area contributed by atoms with Crippen molar-refractivity contribution >= 4 is 0 Å². The third kappa shape index (κ3) is 2.39. The summed E-state index contributed by atoms with van der Waals surface area (Å²) in [6, 6.07) is 1.83. The van der Waals surface area contributed by atoms with E-state index >= 15 is 0 Å². The van der Waals surface area contributed by atoms with Crippen molar-refractivity contribution in [2.75, 3.05) is 13.2 Å². The maximum atomic E-state index is 9.93. The van der Waals surface area contributed by atoms with E-state index < -0.39 is 37.8 Å². The number of ether oxygens (including phenoxy) is 1. The molecule has 1 aliphatic rings. The van der Waals surface area contributed by atoms with E-state index in [9.17, 15) is 10.2 Å². The summed E-state index contributed by atoms with van der Waals surface area (Å²) in [7, 11) is 0. The quantitative estimate of drug-likeness (QED) is 0.448. The molecule has 4 N–H and O–H groups in total. The van der Waals surface area contributed by atoms with Gasteiger partial charge in [0.05, 0.1) is 12.9 Å². The SMILES string of the molecule is N#Cc1ncn(C2O[C@H](CO)[C@@H](O)[C@H]2O)c1C#CCO. The van der Waals surface area contributed by atoms with Crippen LogP contribution in [0.25, 0.3) is 0 Å². The molecule has 106 valence electrons. The molecule has 2 heterocycles. The van der Waals surface area contributed by atoms with Gasteiger partial charge >= 0.3 is 0 Å². The molecular formula is C12H13N3O5. The van der Waals surface area contributed by atoms with Gasteiger partial charge < -0.3 is 25.2 Å². The zero-order chi connectivity index (χ0) is 14.7. The molecule has 8 nitrogen and oxygen atoms in total. The van der Waals surface area contributed by atoms with Crippen LogP contribution in [0.1, 0.15) is 17.6 Å². The van der Waals surface area contributed by atoms with Crippen molar-refractivity contribution in [1.82, 2.24) is 9.55 Å². The van der Waals surface area contributed by atoms with Crippen molar-refractivity contribution in [3.8, 4) is 17.9 Å². The van der Waals surface area contributed by atoms with Crippen molar-refractivity contribution in [3.63, 3.8) is 0 Å². The smallest absolute Gasteiger partial charge is 0.174 e. The second-order valence-corrected chi connectivity index (χ2v) is 4.15. The Morgan fingerprint density at radius 1 is 1.35 bits per heavy atom. The van der Waals surface area contributed by atoms with Crippen molar-refractivity contribution in [2.24, 2.45) is 0 Å². The van der Waals surface area contributed by atoms with Gasteiger partial charge in [0.15, 0.2) is 11.9 Å². The number of hydrogen-bond acceptors (Lipinski definition) is 7. The van der Waals surface area contributed by atoms with Gasteiger partial charge in [0.1, 0.15) is 36.7 Å². The van der Waals surface area contributed by atoms with E-state index in [0.29, 0.717) is 0 Å². The molecule has 1 aliphatic heterocycles. The highest BCUT2D eigenvalue weighted by atomic mass is 16.6. The van der Waals surface area contributed by atoms with Gasteiger partial charge in [0.2, 0.25) is 0 Å². The topological polar surface area (TPSA) is 132 Å². The summed E-state index contributed by atoms with van der Waals surface area (Å²) in [6.45, 7) is -0.849. The Balaban J connectivity index is 2.39. The van der Waals surface area contributed by atoms with Crippen LogP contribution in [0.3, 0.4) is 0 Å². The lowest BCUT2D eigenvalue weighted by Crippen LogP contribution is -2.33. The van der Waals surface area contributed by atoms with E-state index in [2.05, 4.69) is 16.8 Å². The van der Waals surface area contributed by atoms with Crippen LogP contribution in [0, 0.1) is 23.2 Å². The summed E-state index contributed by atoms with van der Waals surface area (Å²) in [4.78, 5) is 3.82. The van der Waals surface area contributed by atoms with Crippen LogP contribution in [0.2, 0.25) is 0 Å². The van der Waals surface area contributed by atoms with E-state index in [1.54, 1.807) is 0 Å². The second-order valence-electron chi connectivity index (χ2n) is 4.15. The Bertz CT molecular complexity index is 582. The summed E-state index contributed by atoms with van der Waals surface area (Å²) in [5.41, 5.74) is 0.181. The van der Waals surface area contributed by atoms with Gasteiger partial charge in [-0.05, 0) is 5.92 Å². The van der Waals surface area contributed by atoms with Gasteiger partial charge in [-0.3, -0.25) is 4.57 Å². The van der Waals surface area contributed by atoms with Crippen LogP contribution >= 0.6 is 0 Å². The number of imidazole rings is 1. The summed E-state index contributed by atoms with van der Waals surface area (Å²) < 4.78 is 6.63. The van der Waals surface area contributed by atoms with Crippen LogP contribution in [-0.4, -0.2) is 61.5 Å². The fourth-order valence-electron chi connectivity index (χ4n) is 1.99. The van der Waals surface area contributed by atoms with Crippen molar-refractivity contribution in [2.45, 2.75) is 24.5 Å². The predicted octanol–water partition coefficient (Wildman–Crippen LogP) is -2.29. The second kappa shape index (κ2) is 6.01. The maximum Gasteiger partial charge on any atom is 0.174 e. The first-order chi connectivity index (χ1) is 9.63. The third-order valence-corrected chi connectivity index (χ3v) is 2.98. The van der Waals surface area contributed by atoms with Gasteiger partial charge in [0, 0.05) is 0 Å². The van der Waals surface area contributed by atoms with Gasteiger partial charge in [-0.2, -0.15) is 5.26 Å². The molecule has 4 atom stereocenters. The van der Waals surface area contributed by atoms with Crippen LogP contribution in [0.15, 0.2) is 6.33 Å². The van der Waals surface area contributed by atoms with Gasteiger partial charge in [-0.1, -0.05) is 5.92 Å². The van der Waals surface area contributed by atoms with E-state index in [0.717, 1.165) is 0 Å². The van der Waals surface area contributed by atoms with Gasteiger partial charge in [0.25, 0.3) is 0 Å². The number of aliphatic hydroxyl groups excluding tert-OH is 4. The Hall–Kier alpha value is -1.94. The molecule has 1 saturated heterocycles. The number of aromatic nitrogens is 2. The fourth-order valence-corrected chi connectivity index (χ4v) is 1.99. The molecular weight excluding hydrogens is 266 g/mol. The standard InChI is InChI=1S/C12H13N3O5/c13-4-7-8(2-1-3-16)15(6-14-7)12-11(19)10(18)9(5-17)20-12/h6,9-12,16-19H,3,5H2/t9-,10-,11-,12?/m1/s1. The molecule has 8 heteroatoms.